The lowest BCUT2D eigenvalue weighted by molar-refractivity contribution is -0.121. The minimum Gasteiger partial charge on any atom is -0.491 e. The molecule has 2 heterocycles. The van der Waals surface area contributed by atoms with Crippen LogP contribution >= 0.6 is 0 Å². The fourth-order valence-electron chi connectivity index (χ4n) is 3.15. The molecule has 0 atom stereocenters. The van der Waals surface area contributed by atoms with Crippen molar-refractivity contribution >= 4 is 16.8 Å². The molecule has 1 N–H and O–H groups in total. The summed E-state index contributed by atoms with van der Waals surface area (Å²) in [6.45, 7) is 1.06. The number of aryl methyl sites for hydroxylation is 1. The van der Waals surface area contributed by atoms with E-state index in [1.54, 1.807) is 12.4 Å². The smallest absolute Gasteiger partial charge is 0.220 e. The van der Waals surface area contributed by atoms with Crippen molar-refractivity contribution in [3.63, 3.8) is 0 Å². The molecule has 0 spiro atoms. The van der Waals surface area contributed by atoms with Gasteiger partial charge >= 0.3 is 0 Å². The van der Waals surface area contributed by atoms with Crippen LogP contribution in [0, 0.1) is 0 Å². The van der Waals surface area contributed by atoms with E-state index >= 15 is 0 Å². The number of nitrogens with one attached hydrogen (secondary N) is 1. The van der Waals surface area contributed by atoms with Gasteiger partial charge in [-0.2, -0.15) is 0 Å². The molecule has 152 valence electrons. The van der Waals surface area contributed by atoms with Gasteiger partial charge in [-0.1, -0.05) is 48.5 Å². The van der Waals surface area contributed by atoms with E-state index in [9.17, 15) is 4.79 Å². The van der Waals surface area contributed by atoms with E-state index < -0.39 is 0 Å². The number of nitrogens with zero attached hydrogens (tertiary/aromatic N) is 2. The number of fused-ring (bicyclic) bond motifs is 1. The van der Waals surface area contributed by atoms with Gasteiger partial charge in [0, 0.05) is 36.5 Å². The Morgan fingerprint density at radius 2 is 1.87 bits per heavy atom. The Bertz CT molecular complexity index is 1100. The highest BCUT2D eigenvalue weighted by Gasteiger charge is 2.09. The van der Waals surface area contributed by atoms with Gasteiger partial charge in [0.05, 0.1) is 12.8 Å². The monoisotopic (exact) mass is 401 g/mol. The standard InChI is InChI=1S/C24H23N3O3/c28-22(12-13-23-27-17-21(30-23)18-7-2-1-3-8-18)25-15-6-16-29-20-11-4-9-19-10-5-14-26-24(19)20/h1-5,7-11,14,17H,6,12-13,15-16H2,(H,25,28). The second kappa shape index (κ2) is 9.69. The zero-order valence-corrected chi connectivity index (χ0v) is 16.6. The number of aromatic nitrogens is 2. The van der Waals surface area contributed by atoms with E-state index in [2.05, 4.69) is 15.3 Å². The minimum absolute atomic E-state index is 0.0266. The van der Waals surface area contributed by atoms with Crippen molar-refractivity contribution in [1.29, 1.82) is 0 Å². The van der Waals surface area contributed by atoms with Crippen LogP contribution < -0.4 is 10.1 Å². The van der Waals surface area contributed by atoms with Crippen LogP contribution in [-0.2, 0) is 11.2 Å². The van der Waals surface area contributed by atoms with Crippen molar-refractivity contribution in [2.24, 2.45) is 0 Å². The summed E-state index contributed by atoms with van der Waals surface area (Å²) in [7, 11) is 0. The van der Waals surface area contributed by atoms with Crippen LogP contribution in [-0.4, -0.2) is 29.0 Å². The third-order valence-corrected chi connectivity index (χ3v) is 4.67. The predicted octanol–water partition coefficient (Wildman–Crippen LogP) is 4.41. The Morgan fingerprint density at radius 3 is 2.77 bits per heavy atom. The first-order chi connectivity index (χ1) is 14.8. The number of hydrogen-bond donors (Lipinski definition) is 1. The highest BCUT2D eigenvalue weighted by molar-refractivity contribution is 5.84. The highest BCUT2D eigenvalue weighted by Crippen LogP contribution is 2.23. The molecule has 0 saturated heterocycles. The van der Waals surface area contributed by atoms with Gasteiger partial charge in [-0.15, -0.1) is 0 Å². The van der Waals surface area contributed by atoms with E-state index in [0.717, 1.165) is 22.2 Å². The largest absolute Gasteiger partial charge is 0.491 e. The molecule has 2 aromatic carbocycles. The minimum atomic E-state index is -0.0266. The summed E-state index contributed by atoms with van der Waals surface area (Å²) in [6.07, 6.45) is 4.97. The summed E-state index contributed by atoms with van der Waals surface area (Å²) < 4.78 is 11.6. The third-order valence-electron chi connectivity index (χ3n) is 4.67. The fraction of sp³-hybridized carbons (Fsp3) is 0.208. The van der Waals surface area contributed by atoms with Crippen molar-refractivity contribution in [3.8, 4) is 17.1 Å². The second-order valence-electron chi connectivity index (χ2n) is 6.87. The Kier molecular flexibility index (Phi) is 6.35. The van der Waals surface area contributed by atoms with Crippen LogP contribution in [0.25, 0.3) is 22.2 Å². The number of benzene rings is 2. The van der Waals surface area contributed by atoms with Crippen LogP contribution in [0.1, 0.15) is 18.7 Å². The molecule has 30 heavy (non-hydrogen) atoms. The molecule has 0 unspecified atom stereocenters. The quantitative estimate of drug-likeness (QED) is 0.421. The second-order valence-corrected chi connectivity index (χ2v) is 6.87. The molecule has 0 saturated carbocycles. The maximum absolute atomic E-state index is 12.1. The summed E-state index contributed by atoms with van der Waals surface area (Å²) in [5.74, 6) is 2.01. The Labute approximate surface area is 174 Å². The molecule has 0 fully saturated rings. The topological polar surface area (TPSA) is 77.2 Å². The number of carbonyl (C=O) groups excluding carboxylic acids is 1. The van der Waals surface area contributed by atoms with Crippen molar-refractivity contribution in [3.05, 3.63) is 78.9 Å². The summed E-state index contributed by atoms with van der Waals surface area (Å²) in [5, 5.41) is 3.96. The van der Waals surface area contributed by atoms with E-state index in [1.165, 1.54) is 0 Å². The summed E-state index contributed by atoms with van der Waals surface area (Å²) in [4.78, 5) is 20.7. The molecule has 0 radical (unpaired) electrons. The lowest BCUT2D eigenvalue weighted by atomic mass is 10.2. The maximum Gasteiger partial charge on any atom is 0.220 e. The first kappa shape index (κ1) is 19.6. The Morgan fingerprint density at radius 1 is 1.00 bits per heavy atom. The highest BCUT2D eigenvalue weighted by atomic mass is 16.5. The molecule has 6 heteroatoms. The van der Waals surface area contributed by atoms with Gasteiger partial charge in [-0.25, -0.2) is 4.98 Å². The summed E-state index contributed by atoms with van der Waals surface area (Å²) in [5.41, 5.74) is 1.83. The van der Waals surface area contributed by atoms with Crippen LogP contribution in [0.4, 0.5) is 0 Å². The molecule has 0 aliphatic carbocycles. The van der Waals surface area contributed by atoms with Crippen LogP contribution in [0.3, 0.4) is 0 Å². The van der Waals surface area contributed by atoms with Gasteiger partial charge < -0.3 is 14.5 Å². The van der Waals surface area contributed by atoms with Gasteiger partial charge in [0.2, 0.25) is 5.91 Å². The van der Waals surface area contributed by atoms with Gasteiger partial charge in [-0.05, 0) is 18.6 Å². The number of oxazole rings is 1. The maximum atomic E-state index is 12.1. The van der Waals surface area contributed by atoms with Crippen LogP contribution in [0.5, 0.6) is 5.75 Å². The van der Waals surface area contributed by atoms with Crippen molar-refractivity contribution < 1.29 is 13.9 Å². The predicted molar refractivity (Wildman–Crippen MR) is 115 cm³/mol. The van der Waals surface area contributed by atoms with E-state index in [-0.39, 0.29) is 5.91 Å². The first-order valence-corrected chi connectivity index (χ1v) is 10.0. The zero-order chi connectivity index (χ0) is 20.6. The molecule has 0 aliphatic heterocycles. The van der Waals surface area contributed by atoms with Crippen molar-refractivity contribution in [2.45, 2.75) is 19.3 Å². The van der Waals surface area contributed by atoms with Gasteiger partial charge in [-0.3, -0.25) is 9.78 Å². The van der Waals surface area contributed by atoms with Gasteiger partial charge in [0.15, 0.2) is 11.7 Å². The number of amides is 1. The number of rotatable bonds is 9. The molecule has 4 aromatic rings. The third kappa shape index (κ3) is 5.03. The zero-order valence-electron chi connectivity index (χ0n) is 16.6. The Balaban J connectivity index is 1.16. The molecule has 0 aliphatic rings. The number of para-hydroxylation sites is 1. The Hall–Kier alpha value is -3.67. The fourth-order valence-corrected chi connectivity index (χ4v) is 3.15. The number of carbonyl (C=O) groups is 1. The molecule has 2 aromatic heterocycles. The van der Waals surface area contributed by atoms with E-state index in [1.807, 2.05) is 60.7 Å². The van der Waals surface area contributed by atoms with Crippen LogP contribution in [0.2, 0.25) is 0 Å². The molecular weight excluding hydrogens is 378 g/mol. The number of hydrogen-bond acceptors (Lipinski definition) is 5. The molecular formula is C24H23N3O3. The molecule has 0 bridgehead atoms. The summed E-state index contributed by atoms with van der Waals surface area (Å²) >= 11 is 0. The van der Waals surface area contributed by atoms with Crippen LogP contribution in [0.15, 0.2) is 77.5 Å². The van der Waals surface area contributed by atoms with Crippen molar-refractivity contribution in [2.75, 3.05) is 13.2 Å². The average Bonchev–Trinajstić information content (AvgIpc) is 3.27. The van der Waals surface area contributed by atoms with Crippen molar-refractivity contribution in [1.82, 2.24) is 15.3 Å². The average molecular weight is 401 g/mol. The first-order valence-electron chi connectivity index (χ1n) is 10.0. The van der Waals surface area contributed by atoms with Gasteiger partial charge in [0.1, 0.15) is 11.3 Å². The van der Waals surface area contributed by atoms with E-state index in [0.29, 0.717) is 44.1 Å². The number of pyridine rings is 1. The molecule has 1 amide bonds. The van der Waals surface area contributed by atoms with Gasteiger partial charge in [0.25, 0.3) is 0 Å². The molecule has 4 rings (SSSR count). The number of ether oxygens (including phenoxy) is 1. The summed E-state index contributed by atoms with van der Waals surface area (Å²) in [6, 6.07) is 19.6. The van der Waals surface area contributed by atoms with E-state index in [4.69, 9.17) is 9.15 Å². The molecule has 6 nitrogen and oxygen atoms in total. The SMILES string of the molecule is O=C(CCc1ncc(-c2ccccc2)o1)NCCCOc1cccc2cccnc12. The lowest BCUT2D eigenvalue weighted by Gasteiger charge is -2.09. The normalized spacial score (nSPS) is 10.8. The lowest BCUT2D eigenvalue weighted by Crippen LogP contribution is -2.25.